The van der Waals surface area contributed by atoms with Crippen molar-refractivity contribution in [3.8, 4) is 0 Å². The van der Waals surface area contributed by atoms with Gasteiger partial charge in [-0.1, -0.05) is 29.8 Å². The molecule has 25 heavy (non-hydrogen) atoms. The number of rotatable bonds is 4. The number of aryl methyl sites for hydroxylation is 2. The number of nitro benzene ring substituents is 1. The summed E-state index contributed by atoms with van der Waals surface area (Å²) in [6.45, 7) is 3.74. The second-order valence-corrected chi connectivity index (χ2v) is 5.45. The zero-order chi connectivity index (χ0) is 18.4. The molecule has 0 heterocycles. The maximum atomic E-state index is 12.1. The molecular formula is C18H17N3O4. The lowest BCUT2D eigenvalue weighted by Crippen LogP contribution is -2.41. The molecule has 7 nitrogen and oxygen atoms in total. The minimum atomic E-state index is -0.551. The molecule has 2 amide bonds. The number of carbonyl (C=O) groups is 2. The molecule has 0 unspecified atom stereocenters. The molecule has 0 bridgehead atoms. The third-order valence-electron chi connectivity index (χ3n) is 3.43. The van der Waals surface area contributed by atoms with Crippen molar-refractivity contribution < 1.29 is 14.5 Å². The van der Waals surface area contributed by atoms with Gasteiger partial charge in [-0.05, 0) is 37.1 Å². The number of benzene rings is 2. The quantitative estimate of drug-likeness (QED) is 0.508. The van der Waals surface area contributed by atoms with E-state index in [0.29, 0.717) is 11.1 Å². The third-order valence-corrected chi connectivity index (χ3v) is 3.43. The van der Waals surface area contributed by atoms with E-state index in [-0.39, 0.29) is 5.69 Å². The highest BCUT2D eigenvalue weighted by molar-refractivity contribution is 5.98. The first-order chi connectivity index (χ1) is 11.9. The van der Waals surface area contributed by atoms with Crippen LogP contribution in [0.15, 0.2) is 48.5 Å². The minimum absolute atomic E-state index is 0.0642. The number of hydrazine groups is 1. The summed E-state index contributed by atoms with van der Waals surface area (Å²) in [6, 6.07) is 11.2. The van der Waals surface area contributed by atoms with Crippen molar-refractivity contribution in [2.75, 3.05) is 0 Å². The molecule has 2 aromatic carbocycles. The van der Waals surface area contributed by atoms with Gasteiger partial charge in [0, 0.05) is 23.8 Å². The first kappa shape index (κ1) is 17.9. The summed E-state index contributed by atoms with van der Waals surface area (Å²) in [5.74, 6) is -0.973. The van der Waals surface area contributed by atoms with Crippen molar-refractivity contribution >= 4 is 23.6 Å². The summed E-state index contributed by atoms with van der Waals surface area (Å²) in [7, 11) is 0. The SMILES string of the molecule is Cc1ccc(C(=O)NNC(=O)/C=C/c2cccc([N+](=O)[O-])c2)c(C)c1. The lowest BCUT2D eigenvalue weighted by atomic mass is 10.1. The molecule has 2 aromatic rings. The normalized spacial score (nSPS) is 10.5. The van der Waals surface area contributed by atoms with Crippen molar-refractivity contribution in [1.29, 1.82) is 0 Å². The Morgan fingerprint density at radius 3 is 2.52 bits per heavy atom. The molecule has 0 aromatic heterocycles. The second kappa shape index (κ2) is 7.87. The number of nitrogens with one attached hydrogen (secondary N) is 2. The Hall–Kier alpha value is -3.48. The van der Waals surface area contributed by atoms with E-state index in [9.17, 15) is 19.7 Å². The van der Waals surface area contributed by atoms with Crippen molar-refractivity contribution in [3.05, 3.63) is 80.9 Å². The fourth-order valence-corrected chi connectivity index (χ4v) is 2.21. The molecule has 2 N–H and O–H groups in total. The summed E-state index contributed by atoms with van der Waals surface area (Å²) in [5.41, 5.74) is 7.35. The van der Waals surface area contributed by atoms with Gasteiger partial charge in [-0.3, -0.25) is 30.6 Å². The van der Waals surface area contributed by atoms with Gasteiger partial charge in [-0.15, -0.1) is 0 Å². The largest absolute Gasteiger partial charge is 0.270 e. The predicted molar refractivity (Wildman–Crippen MR) is 93.7 cm³/mol. The van der Waals surface area contributed by atoms with Gasteiger partial charge in [0.1, 0.15) is 0 Å². The van der Waals surface area contributed by atoms with Gasteiger partial charge < -0.3 is 0 Å². The van der Waals surface area contributed by atoms with Crippen molar-refractivity contribution in [2.45, 2.75) is 13.8 Å². The Balaban J connectivity index is 1.95. The summed E-state index contributed by atoms with van der Waals surface area (Å²) < 4.78 is 0. The topological polar surface area (TPSA) is 101 Å². The summed E-state index contributed by atoms with van der Waals surface area (Å²) in [5, 5.41) is 10.7. The van der Waals surface area contributed by atoms with E-state index >= 15 is 0 Å². The van der Waals surface area contributed by atoms with Crippen LogP contribution in [0, 0.1) is 24.0 Å². The molecule has 0 spiro atoms. The number of hydrogen-bond donors (Lipinski definition) is 2. The van der Waals surface area contributed by atoms with Crippen LogP contribution in [0.25, 0.3) is 6.08 Å². The average Bonchev–Trinajstić information content (AvgIpc) is 2.58. The zero-order valence-electron chi connectivity index (χ0n) is 13.8. The Bertz CT molecular complexity index is 859. The van der Waals surface area contributed by atoms with Crippen LogP contribution in [0.2, 0.25) is 0 Å². The molecule has 0 aliphatic heterocycles. The zero-order valence-corrected chi connectivity index (χ0v) is 13.8. The second-order valence-electron chi connectivity index (χ2n) is 5.45. The van der Waals surface area contributed by atoms with Crippen molar-refractivity contribution in [1.82, 2.24) is 10.9 Å². The number of carbonyl (C=O) groups excluding carboxylic acids is 2. The van der Waals surface area contributed by atoms with E-state index in [1.54, 1.807) is 12.1 Å². The molecular weight excluding hydrogens is 322 g/mol. The van der Waals surface area contributed by atoms with Crippen LogP contribution in [-0.4, -0.2) is 16.7 Å². The lowest BCUT2D eigenvalue weighted by molar-refractivity contribution is -0.384. The van der Waals surface area contributed by atoms with Crippen LogP contribution in [0.4, 0.5) is 5.69 Å². The number of amides is 2. The molecule has 0 aliphatic rings. The molecule has 0 radical (unpaired) electrons. The first-order valence-electron chi connectivity index (χ1n) is 7.47. The van der Waals surface area contributed by atoms with Crippen LogP contribution < -0.4 is 10.9 Å². The van der Waals surface area contributed by atoms with E-state index in [0.717, 1.165) is 11.1 Å². The van der Waals surface area contributed by atoms with E-state index in [1.807, 2.05) is 26.0 Å². The average molecular weight is 339 g/mol. The van der Waals surface area contributed by atoms with Crippen molar-refractivity contribution in [2.24, 2.45) is 0 Å². The van der Waals surface area contributed by atoms with Gasteiger partial charge in [0.25, 0.3) is 17.5 Å². The maximum absolute atomic E-state index is 12.1. The van der Waals surface area contributed by atoms with Gasteiger partial charge in [-0.2, -0.15) is 0 Å². The Kier molecular flexibility index (Phi) is 5.62. The standard InChI is InChI=1S/C18H17N3O4/c1-12-6-8-16(13(2)10-12)18(23)20-19-17(22)9-7-14-4-3-5-15(11-14)21(24)25/h3-11H,1-2H3,(H,19,22)(H,20,23)/b9-7+. The van der Waals surface area contributed by atoms with E-state index in [1.165, 1.54) is 30.4 Å². The van der Waals surface area contributed by atoms with Crippen LogP contribution >= 0.6 is 0 Å². The third kappa shape index (κ3) is 5.00. The number of nitro groups is 1. The summed E-state index contributed by atoms with van der Waals surface area (Å²) >= 11 is 0. The van der Waals surface area contributed by atoms with Gasteiger partial charge in [0.05, 0.1) is 4.92 Å². The number of non-ortho nitro benzene ring substituents is 1. The molecule has 128 valence electrons. The minimum Gasteiger partial charge on any atom is -0.268 e. The highest BCUT2D eigenvalue weighted by Gasteiger charge is 2.09. The van der Waals surface area contributed by atoms with Crippen LogP contribution in [0.1, 0.15) is 27.0 Å². The van der Waals surface area contributed by atoms with Gasteiger partial charge in [0.15, 0.2) is 0 Å². The highest BCUT2D eigenvalue weighted by atomic mass is 16.6. The first-order valence-corrected chi connectivity index (χ1v) is 7.47. The molecule has 0 saturated heterocycles. The van der Waals surface area contributed by atoms with Gasteiger partial charge in [0.2, 0.25) is 0 Å². The van der Waals surface area contributed by atoms with Crippen LogP contribution in [-0.2, 0) is 4.79 Å². The van der Waals surface area contributed by atoms with Gasteiger partial charge in [-0.25, -0.2) is 0 Å². The fourth-order valence-electron chi connectivity index (χ4n) is 2.21. The monoisotopic (exact) mass is 339 g/mol. The van der Waals surface area contributed by atoms with E-state index < -0.39 is 16.7 Å². The molecule has 0 saturated carbocycles. The Labute approximate surface area is 144 Å². The Morgan fingerprint density at radius 2 is 1.84 bits per heavy atom. The summed E-state index contributed by atoms with van der Waals surface area (Å²) in [4.78, 5) is 34.0. The van der Waals surface area contributed by atoms with Crippen LogP contribution in [0.5, 0.6) is 0 Å². The van der Waals surface area contributed by atoms with Gasteiger partial charge >= 0.3 is 0 Å². The fraction of sp³-hybridized carbons (Fsp3) is 0.111. The molecule has 7 heteroatoms. The molecule has 0 aliphatic carbocycles. The number of nitrogens with zero attached hydrogens (tertiary/aromatic N) is 1. The predicted octanol–water partition coefficient (Wildman–Crippen LogP) is 2.69. The van der Waals surface area contributed by atoms with E-state index in [4.69, 9.17) is 0 Å². The summed E-state index contributed by atoms with van der Waals surface area (Å²) in [6.07, 6.45) is 2.60. The molecule has 0 fully saturated rings. The van der Waals surface area contributed by atoms with E-state index in [2.05, 4.69) is 10.9 Å². The van der Waals surface area contributed by atoms with Crippen molar-refractivity contribution in [3.63, 3.8) is 0 Å². The highest BCUT2D eigenvalue weighted by Crippen LogP contribution is 2.14. The lowest BCUT2D eigenvalue weighted by Gasteiger charge is -2.08. The molecule has 0 atom stereocenters. The van der Waals surface area contributed by atoms with Crippen LogP contribution in [0.3, 0.4) is 0 Å². The molecule has 2 rings (SSSR count). The maximum Gasteiger partial charge on any atom is 0.270 e. The Morgan fingerprint density at radius 1 is 1.08 bits per heavy atom. The number of hydrogen-bond acceptors (Lipinski definition) is 4. The smallest absolute Gasteiger partial charge is 0.268 e.